The highest BCUT2D eigenvalue weighted by Gasteiger charge is 2.21. The van der Waals surface area contributed by atoms with Gasteiger partial charge in [-0.2, -0.15) is 0 Å². The molecule has 0 saturated carbocycles. The van der Waals surface area contributed by atoms with E-state index in [1.165, 1.54) is 6.92 Å². The fourth-order valence-corrected chi connectivity index (χ4v) is 1.78. The molecule has 0 spiro atoms. The molecular formula is C15H15ClN2O2. The molecule has 4 nitrogen and oxygen atoms in total. The van der Waals surface area contributed by atoms with Gasteiger partial charge in [-0.1, -0.05) is 18.2 Å². The topological polar surface area (TPSA) is 63.4 Å². The van der Waals surface area contributed by atoms with Crippen LogP contribution in [0.2, 0.25) is 0 Å². The lowest BCUT2D eigenvalue weighted by Crippen LogP contribution is -2.35. The first-order valence-electron chi connectivity index (χ1n) is 5.85. The Kier molecular flexibility index (Phi) is 5.29. The predicted molar refractivity (Wildman–Crippen MR) is 82.0 cm³/mol. The normalized spacial score (nSPS) is 9.45. The van der Waals surface area contributed by atoms with E-state index in [0.29, 0.717) is 16.9 Å². The van der Waals surface area contributed by atoms with Crippen molar-refractivity contribution in [2.75, 3.05) is 10.6 Å². The number of imide groups is 1. The summed E-state index contributed by atoms with van der Waals surface area (Å²) in [6.45, 7) is 1.36. The van der Waals surface area contributed by atoms with Crippen LogP contribution in [0.4, 0.5) is 11.4 Å². The van der Waals surface area contributed by atoms with E-state index in [1.807, 2.05) is 6.07 Å². The summed E-state index contributed by atoms with van der Waals surface area (Å²) in [6, 6.07) is 15.3. The van der Waals surface area contributed by atoms with Crippen LogP contribution >= 0.6 is 12.4 Å². The van der Waals surface area contributed by atoms with E-state index in [9.17, 15) is 9.59 Å². The van der Waals surface area contributed by atoms with Crippen LogP contribution in [-0.2, 0) is 4.79 Å². The highest BCUT2D eigenvalue weighted by Crippen LogP contribution is 2.19. The molecule has 104 valence electrons. The maximum atomic E-state index is 12.3. The van der Waals surface area contributed by atoms with Crippen molar-refractivity contribution in [3.8, 4) is 0 Å². The van der Waals surface area contributed by atoms with Gasteiger partial charge in [-0.3, -0.25) is 9.59 Å². The summed E-state index contributed by atoms with van der Waals surface area (Å²) in [5.74, 6) is -0.684. The number of nitrogens with zero attached hydrogens (tertiary/aromatic N) is 1. The smallest absolute Gasteiger partial charge is 0.265 e. The van der Waals surface area contributed by atoms with Gasteiger partial charge in [-0.25, -0.2) is 4.90 Å². The van der Waals surface area contributed by atoms with Crippen LogP contribution < -0.4 is 10.6 Å². The van der Waals surface area contributed by atoms with Crippen LogP contribution in [0, 0.1) is 0 Å². The second-order valence-corrected chi connectivity index (χ2v) is 4.12. The summed E-state index contributed by atoms with van der Waals surface area (Å²) < 4.78 is 0. The number of hydrogen-bond acceptors (Lipinski definition) is 3. The monoisotopic (exact) mass is 290 g/mol. The summed E-state index contributed by atoms with van der Waals surface area (Å²) in [4.78, 5) is 25.2. The summed E-state index contributed by atoms with van der Waals surface area (Å²) in [6.07, 6.45) is 0. The minimum Gasteiger partial charge on any atom is -0.399 e. The third kappa shape index (κ3) is 3.36. The Morgan fingerprint density at radius 3 is 2.00 bits per heavy atom. The summed E-state index contributed by atoms with van der Waals surface area (Å²) in [5.41, 5.74) is 7.16. The van der Waals surface area contributed by atoms with Crippen molar-refractivity contribution in [1.29, 1.82) is 0 Å². The van der Waals surface area contributed by atoms with Crippen LogP contribution in [0.25, 0.3) is 0 Å². The van der Waals surface area contributed by atoms with Gasteiger partial charge in [0.2, 0.25) is 5.91 Å². The Hall–Kier alpha value is -2.33. The third-order valence-corrected chi connectivity index (χ3v) is 2.69. The Morgan fingerprint density at radius 2 is 1.50 bits per heavy atom. The number of hydrogen-bond donors (Lipinski definition) is 1. The van der Waals surface area contributed by atoms with Crippen LogP contribution in [0.15, 0.2) is 54.6 Å². The second-order valence-electron chi connectivity index (χ2n) is 4.12. The molecule has 2 N–H and O–H groups in total. The molecular weight excluding hydrogens is 276 g/mol. The van der Waals surface area contributed by atoms with Crippen LogP contribution in [0.3, 0.4) is 0 Å². The van der Waals surface area contributed by atoms with Gasteiger partial charge in [0.05, 0.1) is 5.69 Å². The number of amides is 2. The van der Waals surface area contributed by atoms with E-state index in [2.05, 4.69) is 0 Å². The maximum absolute atomic E-state index is 12.3. The lowest BCUT2D eigenvalue weighted by molar-refractivity contribution is -0.115. The number of halogens is 1. The van der Waals surface area contributed by atoms with Gasteiger partial charge in [-0.15, -0.1) is 12.4 Å². The van der Waals surface area contributed by atoms with E-state index < -0.39 is 0 Å². The number of carbonyl (C=O) groups is 2. The van der Waals surface area contributed by atoms with Crippen molar-refractivity contribution < 1.29 is 9.59 Å². The van der Waals surface area contributed by atoms with Crippen molar-refractivity contribution in [1.82, 2.24) is 0 Å². The number of nitrogens with two attached hydrogens (primary N) is 1. The molecule has 5 heteroatoms. The molecule has 0 saturated heterocycles. The van der Waals surface area contributed by atoms with E-state index in [1.54, 1.807) is 48.5 Å². The first kappa shape index (κ1) is 15.7. The predicted octanol–water partition coefficient (Wildman–Crippen LogP) is 2.88. The summed E-state index contributed by atoms with van der Waals surface area (Å²) in [7, 11) is 0. The quantitative estimate of drug-likeness (QED) is 0.865. The number of nitrogen functional groups attached to an aromatic ring is 1. The first-order valence-corrected chi connectivity index (χ1v) is 5.85. The third-order valence-electron chi connectivity index (χ3n) is 2.69. The van der Waals surface area contributed by atoms with Gasteiger partial charge in [0.1, 0.15) is 0 Å². The molecule has 0 atom stereocenters. The van der Waals surface area contributed by atoms with Crippen molar-refractivity contribution >= 4 is 35.6 Å². The van der Waals surface area contributed by atoms with Gasteiger partial charge in [-0.05, 0) is 36.4 Å². The fourth-order valence-electron chi connectivity index (χ4n) is 1.78. The summed E-state index contributed by atoms with van der Waals surface area (Å²) in [5, 5.41) is 0. The van der Waals surface area contributed by atoms with Crippen molar-refractivity contribution in [2.24, 2.45) is 0 Å². The molecule has 0 radical (unpaired) electrons. The van der Waals surface area contributed by atoms with Crippen LogP contribution in [-0.4, -0.2) is 11.8 Å². The zero-order chi connectivity index (χ0) is 13.8. The second kappa shape index (κ2) is 6.73. The van der Waals surface area contributed by atoms with E-state index in [-0.39, 0.29) is 24.2 Å². The lowest BCUT2D eigenvalue weighted by Gasteiger charge is -2.19. The van der Waals surface area contributed by atoms with Crippen LogP contribution in [0.5, 0.6) is 0 Å². The zero-order valence-electron chi connectivity index (χ0n) is 10.9. The lowest BCUT2D eigenvalue weighted by atomic mass is 10.1. The van der Waals surface area contributed by atoms with Crippen molar-refractivity contribution in [3.05, 3.63) is 60.2 Å². The standard InChI is InChI=1S/C15H14N2O2.ClH/c1-11(18)17(14-9-7-13(16)8-10-14)15(19)12-5-3-2-4-6-12;/h2-10H,16H2,1H3;1H. The summed E-state index contributed by atoms with van der Waals surface area (Å²) >= 11 is 0. The molecule has 20 heavy (non-hydrogen) atoms. The highest BCUT2D eigenvalue weighted by molar-refractivity contribution is 6.20. The molecule has 2 aromatic rings. The number of anilines is 2. The zero-order valence-corrected chi connectivity index (χ0v) is 11.8. The van der Waals surface area contributed by atoms with E-state index >= 15 is 0 Å². The maximum Gasteiger partial charge on any atom is 0.265 e. The molecule has 0 aromatic heterocycles. The fraction of sp³-hybridized carbons (Fsp3) is 0.0667. The minimum atomic E-state index is -0.349. The molecule has 0 aliphatic heterocycles. The van der Waals surface area contributed by atoms with Gasteiger partial charge in [0, 0.05) is 18.2 Å². The molecule has 2 rings (SSSR count). The van der Waals surface area contributed by atoms with Gasteiger partial charge in [0.15, 0.2) is 0 Å². The molecule has 0 aliphatic rings. The molecule has 0 unspecified atom stereocenters. The molecule has 0 bridgehead atoms. The minimum absolute atomic E-state index is 0. The number of rotatable bonds is 2. The largest absolute Gasteiger partial charge is 0.399 e. The van der Waals surface area contributed by atoms with E-state index in [4.69, 9.17) is 5.73 Å². The van der Waals surface area contributed by atoms with Gasteiger partial charge < -0.3 is 5.73 Å². The average molecular weight is 291 g/mol. The Labute approximate surface area is 123 Å². The average Bonchev–Trinajstić information content (AvgIpc) is 2.42. The van der Waals surface area contributed by atoms with E-state index in [0.717, 1.165) is 4.90 Å². The molecule has 0 fully saturated rings. The van der Waals surface area contributed by atoms with Crippen molar-refractivity contribution in [2.45, 2.75) is 6.92 Å². The molecule has 2 aromatic carbocycles. The highest BCUT2D eigenvalue weighted by atomic mass is 35.5. The van der Waals surface area contributed by atoms with Crippen molar-refractivity contribution in [3.63, 3.8) is 0 Å². The first-order chi connectivity index (χ1) is 9.09. The van der Waals surface area contributed by atoms with Gasteiger partial charge >= 0.3 is 0 Å². The molecule has 0 heterocycles. The molecule has 2 amide bonds. The Balaban J connectivity index is 0.00000200. The Bertz CT molecular complexity index is 597. The Morgan fingerprint density at radius 1 is 0.950 bits per heavy atom. The van der Waals surface area contributed by atoms with Gasteiger partial charge in [0.25, 0.3) is 5.91 Å². The molecule has 0 aliphatic carbocycles. The number of benzene rings is 2. The number of carbonyl (C=O) groups excluding carboxylic acids is 2. The SMILES string of the molecule is CC(=O)N(C(=O)c1ccccc1)c1ccc(N)cc1.Cl. The van der Waals surface area contributed by atoms with Crippen LogP contribution in [0.1, 0.15) is 17.3 Å².